The van der Waals surface area contributed by atoms with E-state index < -0.39 is 11.6 Å². The van der Waals surface area contributed by atoms with Gasteiger partial charge in [-0.1, -0.05) is 0 Å². The van der Waals surface area contributed by atoms with Gasteiger partial charge in [0.25, 0.3) is 5.91 Å². The Labute approximate surface area is 183 Å². The molecule has 0 aliphatic heterocycles. The van der Waals surface area contributed by atoms with Crippen molar-refractivity contribution in [2.24, 2.45) is 0 Å². The number of amides is 1. The van der Waals surface area contributed by atoms with E-state index in [4.69, 9.17) is 9.47 Å². The number of carbonyl (C=O) groups is 1. The Morgan fingerprint density at radius 3 is 2.55 bits per heavy atom. The van der Waals surface area contributed by atoms with Crippen LogP contribution in [0.4, 0.5) is 8.78 Å². The van der Waals surface area contributed by atoms with Gasteiger partial charge in [-0.15, -0.1) is 11.3 Å². The summed E-state index contributed by atoms with van der Waals surface area (Å²) in [7, 11) is 5.37. The number of nitrogens with one attached hydrogen (secondary N) is 1. The number of hydrogen-bond acceptors (Lipinski definition) is 6. The highest BCUT2D eigenvalue weighted by molar-refractivity contribution is 7.13. The van der Waals surface area contributed by atoms with Gasteiger partial charge in [0.2, 0.25) is 0 Å². The number of hydrogen-bond donors (Lipinski definition) is 1. The van der Waals surface area contributed by atoms with Gasteiger partial charge >= 0.3 is 0 Å². The van der Waals surface area contributed by atoms with E-state index in [0.29, 0.717) is 34.3 Å². The van der Waals surface area contributed by atoms with Crippen molar-refractivity contribution in [3.05, 3.63) is 64.7 Å². The van der Waals surface area contributed by atoms with Crippen molar-refractivity contribution in [1.29, 1.82) is 0 Å². The summed E-state index contributed by atoms with van der Waals surface area (Å²) in [6, 6.07) is 8.46. The minimum absolute atomic E-state index is 0.0150. The van der Waals surface area contributed by atoms with E-state index in [1.54, 1.807) is 23.6 Å². The van der Waals surface area contributed by atoms with Gasteiger partial charge in [0, 0.05) is 30.1 Å². The molecule has 1 amide bonds. The van der Waals surface area contributed by atoms with Crippen LogP contribution >= 0.6 is 11.3 Å². The van der Waals surface area contributed by atoms with E-state index >= 15 is 0 Å². The molecule has 0 radical (unpaired) electrons. The standard InChI is InChI=1S/C22H23F2N3O3S/c1-27(2)7-6-25-21(28)18-13-31-22(26-18)15-4-5-19(20(10-15)29-3)30-12-14-8-16(23)11-17(24)9-14/h4-5,8-11,13H,6-7,12H2,1-3H3,(H,25,28). The molecule has 31 heavy (non-hydrogen) atoms. The number of ether oxygens (including phenoxy) is 2. The summed E-state index contributed by atoms with van der Waals surface area (Å²) in [6.45, 7) is 1.26. The topological polar surface area (TPSA) is 63.7 Å². The van der Waals surface area contributed by atoms with Crippen molar-refractivity contribution in [2.75, 3.05) is 34.3 Å². The summed E-state index contributed by atoms with van der Waals surface area (Å²) in [6.07, 6.45) is 0. The normalized spacial score (nSPS) is 10.9. The van der Waals surface area contributed by atoms with Crippen LogP contribution in [0.25, 0.3) is 10.6 Å². The summed E-state index contributed by atoms with van der Waals surface area (Å²) in [4.78, 5) is 18.6. The lowest BCUT2D eigenvalue weighted by atomic mass is 10.2. The predicted molar refractivity (Wildman–Crippen MR) is 116 cm³/mol. The number of nitrogens with zero attached hydrogens (tertiary/aromatic N) is 2. The number of likely N-dealkylation sites (N-methyl/N-ethyl adjacent to an activating group) is 1. The summed E-state index contributed by atoms with van der Waals surface area (Å²) in [5.74, 6) is -0.674. The lowest BCUT2D eigenvalue weighted by molar-refractivity contribution is 0.0947. The molecule has 0 spiro atoms. The molecule has 0 unspecified atom stereocenters. The molecular formula is C22H23F2N3O3S. The van der Waals surface area contributed by atoms with Crippen molar-refractivity contribution < 1.29 is 23.0 Å². The largest absolute Gasteiger partial charge is 0.493 e. The fraction of sp³-hybridized carbons (Fsp3) is 0.273. The van der Waals surface area contributed by atoms with Crippen LogP contribution in [-0.2, 0) is 6.61 Å². The van der Waals surface area contributed by atoms with Crippen LogP contribution in [0.2, 0.25) is 0 Å². The maximum Gasteiger partial charge on any atom is 0.270 e. The molecule has 3 rings (SSSR count). The number of rotatable bonds is 9. The fourth-order valence-corrected chi connectivity index (χ4v) is 3.57. The molecule has 0 saturated heterocycles. The van der Waals surface area contributed by atoms with Crippen molar-refractivity contribution >= 4 is 17.2 Å². The minimum Gasteiger partial charge on any atom is -0.493 e. The van der Waals surface area contributed by atoms with Crippen LogP contribution in [0, 0.1) is 11.6 Å². The first-order valence-corrected chi connectivity index (χ1v) is 10.4. The lowest BCUT2D eigenvalue weighted by Crippen LogP contribution is -2.31. The molecule has 3 aromatic rings. The maximum absolute atomic E-state index is 13.3. The Kier molecular flexibility index (Phi) is 7.54. The molecule has 9 heteroatoms. The minimum atomic E-state index is -0.661. The smallest absolute Gasteiger partial charge is 0.270 e. The van der Waals surface area contributed by atoms with Gasteiger partial charge in [0.1, 0.15) is 28.9 Å². The fourth-order valence-electron chi connectivity index (χ4n) is 2.77. The van der Waals surface area contributed by atoms with Gasteiger partial charge in [-0.05, 0) is 50.0 Å². The first kappa shape index (κ1) is 22.6. The zero-order valence-corrected chi connectivity index (χ0v) is 18.3. The Bertz CT molecular complexity index is 1040. The molecule has 1 heterocycles. The van der Waals surface area contributed by atoms with E-state index in [9.17, 15) is 13.6 Å². The van der Waals surface area contributed by atoms with Crippen molar-refractivity contribution in [1.82, 2.24) is 15.2 Å². The van der Waals surface area contributed by atoms with Crippen LogP contribution in [0.15, 0.2) is 41.8 Å². The number of halogens is 2. The second-order valence-corrected chi connectivity index (χ2v) is 7.89. The summed E-state index contributed by atoms with van der Waals surface area (Å²) in [5, 5.41) is 5.20. The summed E-state index contributed by atoms with van der Waals surface area (Å²) < 4.78 is 37.8. The van der Waals surface area contributed by atoms with E-state index in [0.717, 1.165) is 18.2 Å². The molecule has 0 fully saturated rings. The number of benzene rings is 2. The van der Waals surface area contributed by atoms with Crippen LogP contribution < -0.4 is 14.8 Å². The molecule has 164 valence electrons. The van der Waals surface area contributed by atoms with Crippen molar-refractivity contribution in [3.8, 4) is 22.1 Å². The average molecular weight is 448 g/mol. The van der Waals surface area contributed by atoms with E-state index in [-0.39, 0.29) is 12.5 Å². The van der Waals surface area contributed by atoms with Gasteiger partial charge in [-0.25, -0.2) is 13.8 Å². The zero-order chi connectivity index (χ0) is 22.4. The molecule has 0 saturated carbocycles. The van der Waals surface area contributed by atoms with E-state index in [1.807, 2.05) is 19.0 Å². The molecule has 1 N–H and O–H groups in total. The molecular weight excluding hydrogens is 424 g/mol. The molecule has 0 atom stereocenters. The monoisotopic (exact) mass is 447 g/mol. The highest BCUT2D eigenvalue weighted by Crippen LogP contribution is 2.34. The number of thiazole rings is 1. The van der Waals surface area contributed by atoms with Crippen molar-refractivity contribution in [2.45, 2.75) is 6.61 Å². The summed E-state index contributed by atoms with van der Waals surface area (Å²) in [5.41, 5.74) is 1.48. The van der Waals surface area contributed by atoms with E-state index in [2.05, 4.69) is 10.3 Å². The molecule has 6 nitrogen and oxygen atoms in total. The van der Waals surface area contributed by atoms with Crippen LogP contribution in [0.1, 0.15) is 16.1 Å². The Morgan fingerprint density at radius 2 is 1.87 bits per heavy atom. The molecule has 0 bridgehead atoms. The second-order valence-electron chi connectivity index (χ2n) is 7.03. The Hall–Kier alpha value is -3.04. The SMILES string of the molecule is COc1cc(-c2nc(C(=O)NCCN(C)C)cs2)ccc1OCc1cc(F)cc(F)c1. The lowest BCUT2D eigenvalue weighted by Gasteiger charge is -2.12. The highest BCUT2D eigenvalue weighted by Gasteiger charge is 2.14. The Balaban J connectivity index is 1.69. The van der Waals surface area contributed by atoms with Crippen molar-refractivity contribution in [3.63, 3.8) is 0 Å². The van der Waals surface area contributed by atoms with Gasteiger partial charge < -0.3 is 19.7 Å². The maximum atomic E-state index is 13.3. The average Bonchev–Trinajstić information content (AvgIpc) is 3.21. The zero-order valence-electron chi connectivity index (χ0n) is 17.4. The van der Waals surface area contributed by atoms with Crippen LogP contribution in [0.5, 0.6) is 11.5 Å². The van der Waals surface area contributed by atoms with Gasteiger partial charge in [0.15, 0.2) is 11.5 Å². The van der Waals surface area contributed by atoms with E-state index in [1.165, 1.54) is 30.6 Å². The third-order valence-corrected chi connectivity index (χ3v) is 5.20. The number of aromatic nitrogens is 1. The number of carbonyl (C=O) groups excluding carboxylic acids is 1. The van der Waals surface area contributed by atoms with Gasteiger partial charge in [-0.3, -0.25) is 4.79 Å². The third-order valence-electron chi connectivity index (χ3n) is 4.31. The quantitative estimate of drug-likeness (QED) is 0.538. The molecule has 0 aliphatic rings. The first-order valence-electron chi connectivity index (χ1n) is 9.50. The molecule has 2 aromatic carbocycles. The van der Waals surface area contributed by atoms with Gasteiger partial charge in [-0.2, -0.15) is 0 Å². The third kappa shape index (κ3) is 6.22. The van der Waals surface area contributed by atoms with Gasteiger partial charge in [0.05, 0.1) is 7.11 Å². The molecule has 1 aromatic heterocycles. The highest BCUT2D eigenvalue weighted by atomic mass is 32.1. The van der Waals surface area contributed by atoms with Crippen LogP contribution in [0.3, 0.4) is 0 Å². The Morgan fingerprint density at radius 1 is 1.13 bits per heavy atom. The summed E-state index contributed by atoms with van der Waals surface area (Å²) >= 11 is 1.35. The predicted octanol–water partition coefficient (Wildman–Crippen LogP) is 3.97. The molecule has 0 aliphatic carbocycles. The second kappa shape index (κ2) is 10.3. The number of methoxy groups -OCH3 is 1. The van der Waals surface area contributed by atoms with Crippen LogP contribution in [-0.4, -0.2) is 50.1 Å². The first-order chi connectivity index (χ1) is 14.9.